The lowest BCUT2D eigenvalue weighted by Crippen LogP contribution is -2.37. The molecule has 1 aliphatic carbocycles. The van der Waals surface area contributed by atoms with E-state index in [1.165, 1.54) is 19.3 Å². The van der Waals surface area contributed by atoms with Gasteiger partial charge in [0.05, 0.1) is 11.1 Å². The van der Waals surface area contributed by atoms with Crippen LogP contribution >= 0.6 is 0 Å². The Labute approximate surface area is 138 Å². The van der Waals surface area contributed by atoms with Crippen molar-refractivity contribution in [1.82, 2.24) is 15.3 Å². The summed E-state index contributed by atoms with van der Waals surface area (Å²) < 4.78 is 0. The van der Waals surface area contributed by atoms with Gasteiger partial charge in [-0.2, -0.15) is 0 Å². The minimum absolute atomic E-state index is 0.0268. The molecule has 4 heteroatoms. The minimum Gasteiger partial charge on any atom is -0.349 e. The quantitative estimate of drug-likeness (QED) is 0.916. The van der Waals surface area contributed by atoms with Gasteiger partial charge in [-0.15, -0.1) is 0 Å². The van der Waals surface area contributed by atoms with E-state index in [1.807, 2.05) is 26.0 Å². The Morgan fingerprint density at radius 2 is 1.87 bits per heavy atom. The van der Waals surface area contributed by atoms with Crippen LogP contribution in [0, 0.1) is 5.92 Å². The molecule has 2 aromatic heterocycles. The maximum Gasteiger partial charge on any atom is 0.253 e. The van der Waals surface area contributed by atoms with Gasteiger partial charge >= 0.3 is 0 Å². The number of nitrogens with zero attached hydrogens (tertiary/aromatic N) is 2. The van der Waals surface area contributed by atoms with Gasteiger partial charge in [-0.1, -0.05) is 27.2 Å². The van der Waals surface area contributed by atoms with E-state index in [4.69, 9.17) is 0 Å². The van der Waals surface area contributed by atoms with Crippen LogP contribution in [0.1, 0.15) is 63.2 Å². The van der Waals surface area contributed by atoms with Crippen LogP contribution in [0.2, 0.25) is 0 Å². The van der Waals surface area contributed by atoms with Crippen LogP contribution in [0.3, 0.4) is 0 Å². The van der Waals surface area contributed by atoms with Gasteiger partial charge in [0.25, 0.3) is 5.91 Å². The van der Waals surface area contributed by atoms with Gasteiger partial charge in [0.2, 0.25) is 0 Å². The fourth-order valence-corrected chi connectivity index (χ4v) is 3.14. The number of amides is 1. The van der Waals surface area contributed by atoms with Crippen molar-refractivity contribution in [3.8, 4) is 0 Å². The van der Waals surface area contributed by atoms with Gasteiger partial charge in [0, 0.05) is 18.4 Å². The Kier molecular flexibility index (Phi) is 6.51. The number of pyridine rings is 2. The van der Waals surface area contributed by atoms with E-state index in [0.717, 1.165) is 24.3 Å². The van der Waals surface area contributed by atoms with E-state index in [-0.39, 0.29) is 5.91 Å². The number of carbonyl (C=O) groups is 1. The fourth-order valence-electron chi connectivity index (χ4n) is 3.14. The van der Waals surface area contributed by atoms with E-state index in [0.29, 0.717) is 17.1 Å². The summed E-state index contributed by atoms with van der Waals surface area (Å²) in [5.41, 5.74) is 2.07. The van der Waals surface area contributed by atoms with Gasteiger partial charge in [-0.05, 0) is 49.8 Å². The van der Waals surface area contributed by atoms with Crippen LogP contribution in [0.5, 0.6) is 0 Å². The summed E-state index contributed by atoms with van der Waals surface area (Å²) in [6.45, 7) is 6.25. The Morgan fingerprint density at radius 1 is 1.13 bits per heavy atom. The smallest absolute Gasteiger partial charge is 0.253 e. The third-order valence-corrected chi connectivity index (χ3v) is 4.50. The summed E-state index contributed by atoms with van der Waals surface area (Å²) in [7, 11) is 0. The van der Waals surface area contributed by atoms with E-state index in [9.17, 15) is 4.79 Å². The van der Waals surface area contributed by atoms with Crippen molar-refractivity contribution in [1.29, 1.82) is 0 Å². The van der Waals surface area contributed by atoms with Crippen molar-refractivity contribution in [3.05, 3.63) is 36.2 Å². The van der Waals surface area contributed by atoms with Gasteiger partial charge in [-0.3, -0.25) is 14.8 Å². The first-order valence-corrected chi connectivity index (χ1v) is 8.78. The number of nitrogens with one attached hydrogen (secondary N) is 1. The second-order valence-electron chi connectivity index (χ2n) is 5.83. The van der Waals surface area contributed by atoms with Crippen LogP contribution in [0.25, 0.3) is 11.0 Å². The first kappa shape index (κ1) is 17.4. The highest BCUT2D eigenvalue weighted by Crippen LogP contribution is 2.26. The van der Waals surface area contributed by atoms with E-state index in [2.05, 4.69) is 22.2 Å². The molecule has 23 heavy (non-hydrogen) atoms. The highest BCUT2D eigenvalue weighted by Gasteiger charge is 2.22. The Morgan fingerprint density at radius 3 is 2.57 bits per heavy atom. The first-order valence-electron chi connectivity index (χ1n) is 8.78. The highest BCUT2D eigenvalue weighted by atomic mass is 16.1. The van der Waals surface area contributed by atoms with Crippen molar-refractivity contribution in [2.45, 2.75) is 58.9 Å². The van der Waals surface area contributed by atoms with Crippen LogP contribution in [-0.2, 0) is 0 Å². The Bertz CT molecular complexity index is 628. The van der Waals surface area contributed by atoms with Crippen LogP contribution in [0.4, 0.5) is 0 Å². The zero-order valence-electron chi connectivity index (χ0n) is 14.4. The van der Waals surface area contributed by atoms with Crippen molar-refractivity contribution >= 4 is 16.9 Å². The van der Waals surface area contributed by atoms with E-state index in [1.54, 1.807) is 18.5 Å². The summed E-state index contributed by atoms with van der Waals surface area (Å²) >= 11 is 0. The second kappa shape index (κ2) is 8.61. The molecule has 0 unspecified atom stereocenters. The lowest BCUT2D eigenvalue weighted by Gasteiger charge is -2.28. The number of hydrogen-bond acceptors (Lipinski definition) is 3. The maximum absolute atomic E-state index is 12.5. The molecule has 2 aromatic rings. The average molecular weight is 313 g/mol. The number of rotatable bonds is 3. The zero-order chi connectivity index (χ0) is 16.7. The third-order valence-electron chi connectivity index (χ3n) is 4.50. The lowest BCUT2D eigenvalue weighted by molar-refractivity contribution is 0.0923. The third kappa shape index (κ3) is 4.27. The summed E-state index contributed by atoms with van der Waals surface area (Å²) in [5, 5.41) is 3.17. The molecule has 4 nitrogen and oxygen atoms in total. The summed E-state index contributed by atoms with van der Waals surface area (Å²) in [5.74, 6) is 0.808. The molecule has 1 saturated carbocycles. The number of fused-ring (bicyclic) bond motifs is 1. The van der Waals surface area contributed by atoms with Crippen LogP contribution < -0.4 is 5.32 Å². The Hall–Kier alpha value is -1.97. The molecule has 1 aliphatic rings. The molecular weight excluding hydrogens is 286 g/mol. The SMILES string of the molecule is CC.CCC1CCC(NC(=O)c2ccnc3cccnc23)CC1. The molecule has 0 radical (unpaired) electrons. The predicted molar refractivity (Wildman–Crippen MR) is 94.4 cm³/mol. The molecule has 1 N–H and O–H groups in total. The highest BCUT2D eigenvalue weighted by molar-refractivity contribution is 6.04. The van der Waals surface area contributed by atoms with Gasteiger partial charge in [0.1, 0.15) is 5.52 Å². The fraction of sp³-hybridized carbons (Fsp3) is 0.526. The topological polar surface area (TPSA) is 54.9 Å². The van der Waals surface area contributed by atoms with E-state index >= 15 is 0 Å². The van der Waals surface area contributed by atoms with Crippen LogP contribution in [-0.4, -0.2) is 21.9 Å². The monoisotopic (exact) mass is 313 g/mol. The maximum atomic E-state index is 12.5. The number of carbonyl (C=O) groups excluding carboxylic acids is 1. The largest absolute Gasteiger partial charge is 0.349 e. The predicted octanol–water partition coefficient (Wildman–Crippen LogP) is 4.35. The molecule has 3 rings (SSSR count). The molecule has 0 aliphatic heterocycles. The molecule has 0 spiro atoms. The molecule has 2 heterocycles. The zero-order valence-corrected chi connectivity index (χ0v) is 14.4. The number of hydrogen-bond donors (Lipinski definition) is 1. The van der Waals surface area contributed by atoms with Gasteiger partial charge in [-0.25, -0.2) is 0 Å². The molecule has 0 aromatic carbocycles. The van der Waals surface area contributed by atoms with Crippen molar-refractivity contribution < 1.29 is 4.79 Å². The molecule has 1 fully saturated rings. The molecule has 0 saturated heterocycles. The lowest BCUT2D eigenvalue weighted by atomic mass is 9.84. The van der Waals surface area contributed by atoms with Gasteiger partial charge < -0.3 is 5.32 Å². The van der Waals surface area contributed by atoms with Gasteiger partial charge in [0.15, 0.2) is 0 Å². The van der Waals surface area contributed by atoms with E-state index < -0.39 is 0 Å². The summed E-state index contributed by atoms with van der Waals surface area (Å²) in [4.78, 5) is 21.0. The average Bonchev–Trinajstić information content (AvgIpc) is 2.63. The standard InChI is InChI=1S/C17H21N3O.C2H6/c1-2-12-5-7-13(8-6-12)20-17(21)14-9-11-18-15-4-3-10-19-16(14)15;1-2/h3-4,9-13H,2,5-8H2,1H3,(H,20,21);1-2H3. The second-order valence-corrected chi connectivity index (χ2v) is 5.83. The minimum atomic E-state index is -0.0268. The van der Waals surface area contributed by atoms with Crippen molar-refractivity contribution in [2.24, 2.45) is 5.92 Å². The molecule has 0 atom stereocenters. The summed E-state index contributed by atoms with van der Waals surface area (Å²) in [6, 6.07) is 5.77. The Balaban J connectivity index is 0.000000924. The van der Waals surface area contributed by atoms with Crippen molar-refractivity contribution in [3.63, 3.8) is 0 Å². The molecule has 0 bridgehead atoms. The molecule has 124 valence electrons. The van der Waals surface area contributed by atoms with Crippen molar-refractivity contribution in [2.75, 3.05) is 0 Å². The molecular formula is C19H27N3O. The summed E-state index contributed by atoms with van der Waals surface area (Å²) in [6.07, 6.45) is 9.23. The van der Waals surface area contributed by atoms with Crippen LogP contribution in [0.15, 0.2) is 30.6 Å². The first-order chi connectivity index (χ1) is 11.3. The number of aromatic nitrogens is 2. The normalized spacial score (nSPS) is 20.5. The molecule has 1 amide bonds.